The molecule has 1 aromatic rings. The lowest BCUT2D eigenvalue weighted by atomic mass is 9.97. The molecular weight excluding hydrogens is 326 g/mol. The molecule has 0 radical (unpaired) electrons. The van der Waals surface area contributed by atoms with Crippen LogP contribution in [0.15, 0.2) is 28.7 Å². The predicted octanol–water partition coefficient (Wildman–Crippen LogP) is 2.78. The van der Waals surface area contributed by atoms with Crippen LogP contribution in [0, 0.1) is 5.92 Å². The summed E-state index contributed by atoms with van der Waals surface area (Å²) < 4.78 is 24.6. The summed E-state index contributed by atoms with van der Waals surface area (Å²) in [5, 5.41) is -0.307. The van der Waals surface area contributed by atoms with Crippen molar-refractivity contribution in [2.24, 2.45) is 11.7 Å². The van der Waals surface area contributed by atoms with Gasteiger partial charge in [0.15, 0.2) is 9.84 Å². The maximum Gasteiger partial charge on any atom is 0.152 e. The van der Waals surface area contributed by atoms with Crippen LogP contribution in [0.5, 0.6) is 0 Å². The minimum absolute atomic E-state index is 0.217. The molecule has 19 heavy (non-hydrogen) atoms. The fourth-order valence-electron chi connectivity index (χ4n) is 1.82. The fourth-order valence-corrected chi connectivity index (χ4v) is 3.22. The second-order valence-electron chi connectivity index (χ2n) is 5.14. The van der Waals surface area contributed by atoms with Crippen LogP contribution < -0.4 is 5.73 Å². The van der Waals surface area contributed by atoms with Gasteiger partial charge in [0.25, 0.3) is 0 Å². The number of rotatable bonds is 7. The third kappa shape index (κ3) is 5.63. The highest BCUT2D eigenvalue weighted by Gasteiger charge is 2.18. The van der Waals surface area contributed by atoms with Crippen molar-refractivity contribution in [1.82, 2.24) is 0 Å². The normalized spacial score (nSPS) is 13.7. The molecule has 0 bridgehead atoms. The highest BCUT2D eigenvalue weighted by molar-refractivity contribution is 9.10. The van der Waals surface area contributed by atoms with Crippen LogP contribution in [0.3, 0.4) is 0 Å². The van der Waals surface area contributed by atoms with Gasteiger partial charge in [-0.05, 0) is 56.8 Å². The lowest BCUT2D eigenvalue weighted by molar-refractivity contribution is 0.509. The zero-order valence-electron chi connectivity index (χ0n) is 11.5. The van der Waals surface area contributed by atoms with Gasteiger partial charge in [-0.15, -0.1) is 0 Å². The summed E-state index contributed by atoms with van der Waals surface area (Å²) in [5.41, 5.74) is 6.95. The molecule has 0 amide bonds. The summed E-state index contributed by atoms with van der Waals surface area (Å²) in [6, 6.07) is 8.08. The van der Waals surface area contributed by atoms with E-state index >= 15 is 0 Å². The molecule has 1 rings (SSSR count). The van der Waals surface area contributed by atoms with Gasteiger partial charge < -0.3 is 5.73 Å². The van der Waals surface area contributed by atoms with E-state index in [1.807, 2.05) is 24.3 Å². The summed E-state index contributed by atoms with van der Waals surface area (Å²) in [5.74, 6) is 0.443. The van der Waals surface area contributed by atoms with E-state index in [0.29, 0.717) is 13.0 Å². The van der Waals surface area contributed by atoms with Gasteiger partial charge in [0, 0.05) is 4.47 Å². The van der Waals surface area contributed by atoms with Crippen LogP contribution in [-0.4, -0.2) is 26.0 Å². The van der Waals surface area contributed by atoms with Crippen molar-refractivity contribution in [2.45, 2.75) is 31.9 Å². The molecule has 1 unspecified atom stereocenters. The standard InChI is InChI=1S/C14H22BrNO2S/c1-11(2)19(17,18)8-7-13(10-16)9-12-3-5-14(15)6-4-12/h3-6,11,13H,7-10,16H2,1-2H3. The van der Waals surface area contributed by atoms with Crippen molar-refractivity contribution >= 4 is 25.8 Å². The van der Waals surface area contributed by atoms with Gasteiger partial charge in [0.2, 0.25) is 0 Å². The molecule has 0 aliphatic rings. The monoisotopic (exact) mass is 347 g/mol. The Balaban J connectivity index is 2.57. The van der Waals surface area contributed by atoms with Gasteiger partial charge in [-0.25, -0.2) is 8.42 Å². The third-order valence-corrected chi connectivity index (χ3v) is 6.07. The number of benzene rings is 1. The molecule has 0 aliphatic carbocycles. The number of hydrogen-bond acceptors (Lipinski definition) is 3. The fraction of sp³-hybridized carbons (Fsp3) is 0.571. The maximum atomic E-state index is 11.8. The van der Waals surface area contributed by atoms with Gasteiger partial charge in [-0.2, -0.15) is 0 Å². The summed E-state index contributed by atoms with van der Waals surface area (Å²) in [4.78, 5) is 0. The first-order chi connectivity index (χ1) is 8.85. The van der Waals surface area contributed by atoms with E-state index in [1.165, 1.54) is 5.56 Å². The van der Waals surface area contributed by atoms with Crippen molar-refractivity contribution in [2.75, 3.05) is 12.3 Å². The second kappa shape index (κ2) is 7.41. The number of hydrogen-bond donors (Lipinski definition) is 1. The Hall–Kier alpha value is -0.390. The highest BCUT2D eigenvalue weighted by atomic mass is 79.9. The molecule has 0 aromatic heterocycles. The van der Waals surface area contributed by atoms with Crippen LogP contribution in [0.2, 0.25) is 0 Å². The molecule has 0 fully saturated rings. The zero-order valence-corrected chi connectivity index (χ0v) is 13.9. The predicted molar refractivity (Wildman–Crippen MR) is 83.9 cm³/mol. The van der Waals surface area contributed by atoms with Gasteiger partial charge in [0.1, 0.15) is 0 Å². The number of sulfone groups is 1. The molecular formula is C14H22BrNO2S. The van der Waals surface area contributed by atoms with E-state index in [9.17, 15) is 8.42 Å². The highest BCUT2D eigenvalue weighted by Crippen LogP contribution is 2.16. The van der Waals surface area contributed by atoms with Crippen LogP contribution in [0.1, 0.15) is 25.8 Å². The molecule has 0 spiro atoms. The van der Waals surface area contributed by atoms with Gasteiger partial charge in [0.05, 0.1) is 11.0 Å². The topological polar surface area (TPSA) is 60.2 Å². The first kappa shape index (κ1) is 16.7. The third-order valence-electron chi connectivity index (χ3n) is 3.30. The molecule has 0 heterocycles. The van der Waals surface area contributed by atoms with E-state index in [4.69, 9.17) is 5.73 Å². The Morgan fingerprint density at radius 3 is 2.26 bits per heavy atom. The SMILES string of the molecule is CC(C)S(=O)(=O)CCC(CN)Cc1ccc(Br)cc1. The lowest BCUT2D eigenvalue weighted by Gasteiger charge is -2.16. The first-order valence-corrected chi connectivity index (χ1v) is 9.02. The molecule has 2 N–H and O–H groups in total. The Morgan fingerprint density at radius 1 is 1.21 bits per heavy atom. The van der Waals surface area contributed by atoms with Crippen molar-refractivity contribution in [1.29, 1.82) is 0 Å². The molecule has 5 heteroatoms. The van der Waals surface area contributed by atoms with Crippen LogP contribution in [0.4, 0.5) is 0 Å². The van der Waals surface area contributed by atoms with Crippen molar-refractivity contribution in [3.8, 4) is 0 Å². The van der Waals surface area contributed by atoms with E-state index < -0.39 is 9.84 Å². The summed E-state index contributed by atoms with van der Waals surface area (Å²) >= 11 is 3.40. The average Bonchev–Trinajstić information content (AvgIpc) is 2.36. The Bertz CT molecular complexity index is 483. The van der Waals surface area contributed by atoms with Crippen LogP contribution >= 0.6 is 15.9 Å². The molecule has 0 aliphatic heterocycles. The summed E-state index contributed by atoms with van der Waals surface area (Å²) in [6.07, 6.45) is 1.46. The Labute approximate surface area is 124 Å². The first-order valence-electron chi connectivity index (χ1n) is 6.51. The molecule has 0 saturated heterocycles. The minimum atomic E-state index is -2.97. The Kier molecular flexibility index (Phi) is 6.50. The van der Waals surface area contributed by atoms with Crippen LogP contribution in [0.25, 0.3) is 0 Å². The van der Waals surface area contributed by atoms with Crippen molar-refractivity contribution in [3.63, 3.8) is 0 Å². The van der Waals surface area contributed by atoms with Crippen LogP contribution in [-0.2, 0) is 16.3 Å². The van der Waals surface area contributed by atoms with E-state index in [2.05, 4.69) is 15.9 Å². The molecule has 0 saturated carbocycles. The summed E-state index contributed by atoms with van der Waals surface area (Å²) in [6.45, 7) is 3.96. The number of nitrogens with two attached hydrogens (primary N) is 1. The average molecular weight is 348 g/mol. The van der Waals surface area contributed by atoms with Crippen molar-refractivity contribution in [3.05, 3.63) is 34.3 Å². The van der Waals surface area contributed by atoms with E-state index in [1.54, 1.807) is 13.8 Å². The second-order valence-corrected chi connectivity index (χ2v) is 8.73. The molecule has 3 nitrogen and oxygen atoms in total. The summed E-state index contributed by atoms with van der Waals surface area (Å²) in [7, 11) is -2.97. The Morgan fingerprint density at radius 2 is 1.79 bits per heavy atom. The number of halogens is 1. The van der Waals surface area contributed by atoms with Gasteiger partial charge >= 0.3 is 0 Å². The lowest BCUT2D eigenvalue weighted by Crippen LogP contribution is -2.24. The largest absolute Gasteiger partial charge is 0.330 e. The quantitative estimate of drug-likeness (QED) is 0.824. The van der Waals surface area contributed by atoms with Gasteiger partial charge in [-0.1, -0.05) is 28.1 Å². The maximum absolute atomic E-state index is 11.8. The van der Waals surface area contributed by atoms with E-state index in [0.717, 1.165) is 10.9 Å². The molecule has 1 atom stereocenters. The minimum Gasteiger partial charge on any atom is -0.330 e. The van der Waals surface area contributed by atoms with Gasteiger partial charge in [-0.3, -0.25) is 0 Å². The molecule has 108 valence electrons. The molecule has 1 aromatic carbocycles. The van der Waals surface area contributed by atoms with Crippen molar-refractivity contribution < 1.29 is 8.42 Å². The van der Waals surface area contributed by atoms with E-state index in [-0.39, 0.29) is 16.9 Å². The smallest absolute Gasteiger partial charge is 0.152 e. The zero-order chi connectivity index (χ0) is 14.5.